The van der Waals surface area contributed by atoms with E-state index in [1.54, 1.807) is 6.20 Å². The molecule has 0 bridgehead atoms. The fraction of sp³-hybridized carbons (Fsp3) is 0.300. The average Bonchev–Trinajstić information content (AvgIpc) is 2.16. The summed E-state index contributed by atoms with van der Waals surface area (Å²) in [5.41, 5.74) is 7.92. The third kappa shape index (κ3) is 2.47. The summed E-state index contributed by atoms with van der Waals surface area (Å²) in [6, 6.07) is 3.95. The van der Waals surface area contributed by atoms with Crippen molar-refractivity contribution >= 4 is 6.08 Å². The molecule has 0 aliphatic heterocycles. The Bertz CT molecular complexity index is 246. The summed E-state index contributed by atoms with van der Waals surface area (Å²) in [5.74, 6) is 0. The van der Waals surface area contributed by atoms with Gasteiger partial charge in [-0.15, -0.1) is 0 Å². The van der Waals surface area contributed by atoms with Gasteiger partial charge in [-0.05, 0) is 18.1 Å². The van der Waals surface area contributed by atoms with Crippen molar-refractivity contribution in [2.24, 2.45) is 5.73 Å². The molecule has 0 amide bonds. The molecule has 1 heterocycles. The lowest BCUT2D eigenvalue weighted by molar-refractivity contribution is 1.02. The molecule has 0 atom stereocenters. The standard InChI is InChI=1S/C10H14N2/c1-2-9(7-11)6-10-4-3-5-12-8-10/h3-6,8H,2,7,11H2,1H3/b9-6-. The summed E-state index contributed by atoms with van der Waals surface area (Å²) in [6.07, 6.45) is 6.70. The van der Waals surface area contributed by atoms with E-state index in [4.69, 9.17) is 5.73 Å². The molecule has 2 nitrogen and oxygen atoms in total. The lowest BCUT2D eigenvalue weighted by atomic mass is 10.1. The van der Waals surface area contributed by atoms with E-state index in [1.165, 1.54) is 5.57 Å². The second kappa shape index (κ2) is 4.67. The summed E-state index contributed by atoms with van der Waals surface area (Å²) in [4.78, 5) is 4.02. The van der Waals surface area contributed by atoms with E-state index in [1.807, 2.05) is 18.3 Å². The van der Waals surface area contributed by atoms with Crippen LogP contribution in [0.3, 0.4) is 0 Å². The molecule has 0 radical (unpaired) electrons. The minimum absolute atomic E-state index is 0.630. The first-order valence-corrected chi connectivity index (χ1v) is 4.16. The maximum Gasteiger partial charge on any atom is 0.0340 e. The van der Waals surface area contributed by atoms with Crippen LogP contribution in [0.4, 0.5) is 0 Å². The maximum absolute atomic E-state index is 5.54. The minimum atomic E-state index is 0.630. The highest BCUT2D eigenvalue weighted by Gasteiger charge is 1.90. The third-order valence-corrected chi connectivity index (χ3v) is 1.77. The van der Waals surface area contributed by atoms with Gasteiger partial charge in [-0.3, -0.25) is 4.98 Å². The summed E-state index contributed by atoms with van der Waals surface area (Å²) in [5, 5.41) is 0. The van der Waals surface area contributed by atoms with E-state index in [0.717, 1.165) is 12.0 Å². The van der Waals surface area contributed by atoms with Crippen molar-refractivity contribution in [1.82, 2.24) is 4.98 Å². The minimum Gasteiger partial charge on any atom is -0.327 e. The Morgan fingerprint density at radius 1 is 1.67 bits per heavy atom. The Morgan fingerprint density at radius 2 is 2.50 bits per heavy atom. The monoisotopic (exact) mass is 162 g/mol. The number of rotatable bonds is 3. The number of nitrogens with zero attached hydrogens (tertiary/aromatic N) is 1. The van der Waals surface area contributed by atoms with Gasteiger partial charge in [0.15, 0.2) is 0 Å². The SMILES string of the molecule is CC/C(=C/c1cccnc1)CN. The normalized spacial score (nSPS) is 11.7. The van der Waals surface area contributed by atoms with Crippen LogP contribution < -0.4 is 5.73 Å². The molecule has 0 saturated carbocycles. The lowest BCUT2D eigenvalue weighted by Crippen LogP contribution is -2.01. The predicted molar refractivity (Wildman–Crippen MR) is 51.6 cm³/mol. The Hall–Kier alpha value is -1.15. The van der Waals surface area contributed by atoms with Crippen molar-refractivity contribution in [2.45, 2.75) is 13.3 Å². The average molecular weight is 162 g/mol. The smallest absolute Gasteiger partial charge is 0.0340 e. The van der Waals surface area contributed by atoms with Crippen LogP contribution >= 0.6 is 0 Å². The van der Waals surface area contributed by atoms with Crippen molar-refractivity contribution in [3.05, 3.63) is 35.7 Å². The van der Waals surface area contributed by atoms with E-state index >= 15 is 0 Å². The van der Waals surface area contributed by atoms with Crippen LogP contribution in [0.25, 0.3) is 6.08 Å². The molecule has 2 heteroatoms. The zero-order valence-corrected chi connectivity index (χ0v) is 7.33. The molecule has 2 N–H and O–H groups in total. The number of nitrogens with two attached hydrogens (primary N) is 1. The van der Waals surface area contributed by atoms with Gasteiger partial charge in [-0.1, -0.05) is 24.6 Å². The number of pyridine rings is 1. The molecule has 64 valence electrons. The predicted octanol–water partition coefficient (Wildman–Crippen LogP) is 1.83. The van der Waals surface area contributed by atoms with E-state index in [-0.39, 0.29) is 0 Å². The third-order valence-electron chi connectivity index (χ3n) is 1.77. The van der Waals surface area contributed by atoms with Gasteiger partial charge in [-0.2, -0.15) is 0 Å². The van der Waals surface area contributed by atoms with Gasteiger partial charge in [0.05, 0.1) is 0 Å². The molecule has 1 aromatic heterocycles. The first-order chi connectivity index (χ1) is 5.86. The van der Waals surface area contributed by atoms with Gasteiger partial charge in [0.1, 0.15) is 0 Å². The number of hydrogen-bond acceptors (Lipinski definition) is 2. The van der Waals surface area contributed by atoms with Gasteiger partial charge in [0, 0.05) is 18.9 Å². The van der Waals surface area contributed by atoms with Crippen molar-refractivity contribution in [3.8, 4) is 0 Å². The molecule has 0 unspecified atom stereocenters. The number of aromatic nitrogens is 1. The Labute approximate surface area is 73.1 Å². The molecule has 1 aromatic rings. The maximum atomic E-state index is 5.54. The highest BCUT2D eigenvalue weighted by Crippen LogP contribution is 2.06. The van der Waals surface area contributed by atoms with Crippen LogP contribution in [0.2, 0.25) is 0 Å². The van der Waals surface area contributed by atoms with Crippen molar-refractivity contribution < 1.29 is 0 Å². The molecule has 0 aliphatic carbocycles. The van der Waals surface area contributed by atoms with E-state index in [0.29, 0.717) is 6.54 Å². The molecular formula is C10H14N2. The first kappa shape index (κ1) is 8.94. The Morgan fingerprint density at radius 3 is 3.00 bits per heavy atom. The largest absolute Gasteiger partial charge is 0.327 e. The summed E-state index contributed by atoms with van der Waals surface area (Å²) in [6.45, 7) is 2.74. The van der Waals surface area contributed by atoms with Crippen LogP contribution in [0, 0.1) is 0 Å². The van der Waals surface area contributed by atoms with Gasteiger partial charge >= 0.3 is 0 Å². The summed E-state index contributed by atoms with van der Waals surface area (Å²) in [7, 11) is 0. The van der Waals surface area contributed by atoms with Gasteiger partial charge in [-0.25, -0.2) is 0 Å². The van der Waals surface area contributed by atoms with Gasteiger partial charge in [0.25, 0.3) is 0 Å². The molecule has 0 aliphatic rings. The highest BCUT2D eigenvalue weighted by atomic mass is 14.6. The second-order valence-electron chi connectivity index (χ2n) is 2.65. The molecule has 0 saturated heterocycles. The van der Waals surface area contributed by atoms with E-state index < -0.39 is 0 Å². The summed E-state index contributed by atoms with van der Waals surface area (Å²) < 4.78 is 0. The van der Waals surface area contributed by atoms with Crippen molar-refractivity contribution in [2.75, 3.05) is 6.54 Å². The molecule has 0 fully saturated rings. The van der Waals surface area contributed by atoms with Gasteiger partial charge < -0.3 is 5.73 Å². The van der Waals surface area contributed by atoms with Crippen LogP contribution in [0.15, 0.2) is 30.1 Å². The zero-order valence-electron chi connectivity index (χ0n) is 7.33. The molecule has 0 aromatic carbocycles. The Balaban J connectivity index is 2.79. The van der Waals surface area contributed by atoms with Gasteiger partial charge in [0.2, 0.25) is 0 Å². The Kier molecular flexibility index (Phi) is 3.48. The van der Waals surface area contributed by atoms with Crippen LogP contribution in [-0.2, 0) is 0 Å². The molecule has 0 spiro atoms. The topological polar surface area (TPSA) is 38.9 Å². The van der Waals surface area contributed by atoms with Crippen molar-refractivity contribution in [1.29, 1.82) is 0 Å². The highest BCUT2D eigenvalue weighted by molar-refractivity contribution is 5.51. The quantitative estimate of drug-likeness (QED) is 0.736. The molecule has 1 rings (SSSR count). The number of hydrogen-bond donors (Lipinski definition) is 1. The summed E-state index contributed by atoms with van der Waals surface area (Å²) >= 11 is 0. The van der Waals surface area contributed by atoms with Crippen molar-refractivity contribution in [3.63, 3.8) is 0 Å². The lowest BCUT2D eigenvalue weighted by Gasteiger charge is -1.99. The zero-order chi connectivity index (χ0) is 8.81. The molecule has 12 heavy (non-hydrogen) atoms. The fourth-order valence-electron chi connectivity index (χ4n) is 1.00. The fourth-order valence-corrected chi connectivity index (χ4v) is 1.00. The van der Waals surface area contributed by atoms with Crippen LogP contribution in [-0.4, -0.2) is 11.5 Å². The van der Waals surface area contributed by atoms with Crippen LogP contribution in [0.1, 0.15) is 18.9 Å². The van der Waals surface area contributed by atoms with E-state index in [2.05, 4.69) is 18.0 Å². The van der Waals surface area contributed by atoms with Crippen LogP contribution in [0.5, 0.6) is 0 Å². The van der Waals surface area contributed by atoms with E-state index in [9.17, 15) is 0 Å². The second-order valence-corrected chi connectivity index (χ2v) is 2.65. The molecular weight excluding hydrogens is 148 g/mol. The first-order valence-electron chi connectivity index (χ1n) is 4.16.